The van der Waals surface area contributed by atoms with Crippen LogP contribution in [0.4, 0.5) is 0 Å². The number of rotatable bonds is 3. The maximum absolute atomic E-state index is 11.0. The Hall–Kier alpha value is -2.24. The molecule has 2 aromatic rings. The molecule has 0 atom stereocenters. The molecule has 2 heterocycles. The number of methoxy groups -OCH3 is 1. The van der Waals surface area contributed by atoms with Gasteiger partial charge >= 0.3 is 5.97 Å². The van der Waals surface area contributed by atoms with Crippen molar-refractivity contribution >= 4 is 5.97 Å². The third-order valence-electron chi connectivity index (χ3n) is 1.89. The molecule has 6 heteroatoms. The van der Waals surface area contributed by atoms with Crippen LogP contribution in [0.5, 0.6) is 0 Å². The van der Waals surface area contributed by atoms with E-state index in [1.807, 2.05) is 6.07 Å². The van der Waals surface area contributed by atoms with Crippen LogP contribution < -0.4 is 0 Å². The van der Waals surface area contributed by atoms with E-state index in [1.165, 1.54) is 7.11 Å². The van der Waals surface area contributed by atoms with Gasteiger partial charge in [0.2, 0.25) is 11.7 Å². The highest BCUT2D eigenvalue weighted by Gasteiger charge is 2.12. The van der Waals surface area contributed by atoms with E-state index in [2.05, 4.69) is 19.9 Å². The fraction of sp³-hybridized carbons (Fsp3) is 0.200. The number of aromatic nitrogens is 3. The van der Waals surface area contributed by atoms with Crippen LogP contribution in [0, 0.1) is 0 Å². The van der Waals surface area contributed by atoms with E-state index < -0.39 is 5.97 Å². The predicted octanol–water partition coefficient (Wildman–Crippen LogP) is 0.847. The Balaban J connectivity index is 2.17. The van der Waals surface area contributed by atoms with Crippen molar-refractivity contribution < 1.29 is 14.1 Å². The lowest BCUT2D eigenvalue weighted by Gasteiger charge is -1.91. The van der Waals surface area contributed by atoms with Crippen LogP contribution in [0.2, 0.25) is 0 Å². The molecule has 0 aliphatic carbocycles. The van der Waals surface area contributed by atoms with Crippen molar-refractivity contribution in [2.24, 2.45) is 0 Å². The van der Waals surface area contributed by atoms with Gasteiger partial charge in [0.25, 0.3) is 0 Å². The number of carbonyl (C=O) groups is 1. The Morgan fingerprint density at radius 3 is 3.06 bits per heavy atom. The third kappa shape index (κ3) is 2.22. The summed E-state index contributed by atoms with van der Waals surface area (Å²) in [6, 6.07) is 5.37. The maximum atomic E-state index is 11.0. The minimum absolute atomic E-state index is 0.0314. The number of esters is 1. The van der Waals surface area contributed by atoms with E-state index in [4.69, 9.17) is 4.52 Å². The number of nitrogens with zero attached hydrogens (tertiary/aromatic N) is 3. The molecular weight excluding hydrogens is 210 g/mol. The maximum Gasteiger partial charge on any atom is 0.315 e. The van der Waals surface area contributed by atoms with Crippen molar-refractivity contribution in [2.45, 2.75) is 6.42 Å². The quantitative estimate of drug-likeness (QED) is 0.712. The molecule has 0 saturated carbocycles. The standard InChI is InChI=1S/C10H9N3O3/c1-15-9(14)6-8-12-10(13-16-8)7-4-2-3-5-11-7/h2-5H,6H2,1H3. The Kier molecular flexibility index (Phi) is 2.90. The van der Waals surface area contributed by atoms with Gasteiger partial charge in [-0.1, -0.05) is 11.2 Å². The van der Waals surface area contributed by atoms with Gasteiger partial charge in [-0.25, -0.2) is 0 Å². The first kappa shape index (κ1) is 10.3. The minimum atomic E-state index is -0.420. The van der Waals surface area contributed by atoms with E-state index in [9.17, 15) is 4.79 Å². The number of ether oxygens (including phenoxy) is 1. The number of hydrogen-bond donors (Lipinski definition) is 0. The van der Waals surface area contributed by atoms with E-state index in [0.717, 1.165) is 0 Å². The highest BCUT2D eigenvalue weighted by Crippen LogP contribution is 2.11. The van der Waals surface area contributed by atoms with E-state index >= 15 is 0 Å². The Morgan fingerprint density at radius 1 is 1.50 bits per heavy atom. The first-order chi connectivity index (χ1) is 7.79. The lowest BCUT2D eigenvalue weighted by atomic mass is 10.3. The largest absolute Gasteiger partial charge is 0.469 e. The Morgan fingerprint density at radius 2 is 2.38 bits per heavy atom. The number of carbonyl (C=O) groups excluding carboxylic acids is 1. The molecule has 6 nitrogen and oxygen atoms in total. The molecule has 82 valence electrons. The van der Waals surface area contributed by atoms with E-state index in [0.29, 0.717) is 11.5 Å². The zero-order chi connectivity index (χ0) is 11.4. The smallest absolute Gasteiger partial charge is 0.315 e. The van der Waals surface area contributed by atoms with E-state index in [-0.39, 0.29) is 12.3 Å². The summed E-state index contributed by atoms with van der Waals surface area (Å²) in [5, 5.41) is 3.72. The van der Waals surface area contributed by atoms with Gasteiger partial charge in [-0.05, 0) is 12.1 Å². The molecule has 0 fully saturated rings. The number of pyridine rings is 1. The summed E-state index contributed by atoms with van der Waals surface area (Å²) >= 11 is 0. The lowest BCUT2D eigenvalue weighted by Crippen LogP contribution is -2.04. The number of hydrogen-bond acceptors (Lipinski definition) is 6. The second-order valence-corrected chi connectivity index (χ2v) is 2.98. The SMILES string of the molecule is COC(=O)Cc1nc(-c2ccccn2)no1. The van der Waals surface area contributed by atoms with Crippen molar-refractivity contribution in [1.82, 2.24) is 15.1 Å². The van der Waals surface area contributed by atoms with Gasteiger partial charge in [-0.15, -0.1) is 0 Å². The summed E-state index contributed by atoms with van der Waals surface area (Å²) in [5.74, 6) is 0.156. The molecule has 0 aliphatic heterocycles. The van der Waals surface area contributed by atoms with Crippen LogP contribution in [0.15, 0.2) is 28.9 Å². The second kappa shape index (κ2) is 4.52. The summed E-state index contributed by atoms with van der Waals surface area (Å²) in [5.41, 5.74) is 0.599. The zero-order valence-electron chi connectivity index (χ0n) is 8.58. The average Bonchev–Trinajstić information content (AvgIpc) is 2.78. The molecule has 0 unspecified atom stereocenters. The summed E-state index contributed by atoms with van der Waals surface area (Å²) in [6.07, 6.45) is 1.60. The van der Waals surface area contributed by atoms with Crippen LogP contribution in [0.3, 0.4) is 0 Å². The van der Waals surface area contributed by atoms with Crippen LogP contribution in [0.1, 0.15) is 5.89 Å². The minimum Gasteiger partial charge on any atom is -0.469 e. The first-order valence-corrected chi connectivity index (χ1v) is 4.60. The van der Waals surface area contributed by atoms with Crippen molar-refractivity contribution in [3.05, 3.63) is 30.3 Å². The van der Waals surface area contributed by atoms with E-state index in [1.54, 1.807) is 18.3 Å². The van der Waals surface area contributed by atoms with Crippen molar-refractivity contribution in [2.75, 3.05) is 7.11 Å². The normalized spacial score (nSPS) is 10.1. The van der Waals surface area contributed by atoms with Crippen LogP contribution in [-0.2, 0) is 16.0 Å². The summed E-state index contributed by atoms with van der Waals surface area (Å²) < 4.78 is 9.38. The molecule has 0 spiro atoms. The summed E-state index contributed by atoms with van der Waals surface area (Å²) in [4.78, 5) is 19.0. The van der Waals surface area contributed by atoms with Gasteiger partial charge in [-0.2, -0.15) is 4.98 Å². The molecule has 0 N–H and O–H groups in total. The molecular formula is C10H9N3O3. The molecule has 2 aromatic heterocycles. The predicted molar refractivity (Wildman–Crippen MR) is 53.2 cm³/mol. The highest BCUT2D eigenvalue weighted by atomic mass is 16.5. The topological polar surface area (TPSA) is 78.1 Å². The van der Waals surface area contributed by atoms with Gasteiger partial charge in [-0.3, -0.25) is 9.78 Å². The summed E-state index contributed by atoms with van der Waals surface area (Å²) in [7, 11) is 1.30. The Labute approximate surface area is 91.3 Å². The van der Waals surface area contributed by atoms with Gasteiger partial charge in [0, 0.05) is 6.20 Å². The fourth-order valence-corrected chi connectivity index (χ4v) is 1.12. The first-order valence-electron chi connectivity index (χ1n) is 4.60. The molecule has 16 heavy (non-hydrogen) atoms. The van der Waals surface area contributed by atoms with Gasteiger partial charge in [0.1, 0.15) is 12.1 Å². The average molecular weight is 219 g/mol. The van der Waals surface area contributed by atoms with Crippen molar-refractivity contribution in [3.8, 4) is 11.5 Å². The van der Waals surface area contributed by atoms with Gasteiger partial charge < -0.3 is 9.26 Å². The monoisotopic (exact) mass is 219 g/mol. The summed E-state index contributed by atoms with van der Waals surface area (Å²) in [6.45, 7) is 0. The van der Waals surface area contributed by atoms with Gasteiger partial charge in [0.15, 0.2) is 0 Å². The third-order valence-corrected chi connectivity index (χ3v) is 1.89. The molecule has 0 aliphatic rings. The Bertz CT molecular complexity index is 481. The molecule has 0 saturated heterocycles. The fourth-order valence-electron chi connectivity index (χ4n) is 1.12. The lowest BCUT2D eigenvalue weighted by molar-refractivity contribution is -0.140. The van der Waals surface area contributed by atoms with Crippen molar-refractivity contribution in [3.63, 3.8) is 0 Å². The van der Waals surface area contributed by atoms with Crippen LogP contribution >= 0.6 is 0 Å². The second-order valence-electron chi connectivity index (χ2n) is 2.98. The van der Waals surface area contributed by atoms with Gasteiger partial charge in [0.05, 0.1) is 7.11 Å². The van der Waals surface area contributed by atoms with Crippen LogP contribution in [0.25, 0.3) is 11.5 Å². The molecule has 0 bridgehead atoms. The van der Waals surface area contributed by atoms with Crippen molar-refractivity contribution in [1.29, 1.82) is 0 Å². The molecule has 0 radical (unpaired) electrons. The van der Waals surface area contributed by atoms with Crippen LogP contribution in [-0.4, -0.2) is 28.2 Å². The zero-order valence-corrected chi connectivity index (χ0v) is 8.58. The highest BCUT2D eigenvalue weighted by molar-refractivity contribution is 5.71. The molecule has 0 amide bonds. The molecule has 2 rings (SSSR count). The molecule has 0 aromatic carbocycles.